The maximum absolute atomic E-state index is 13.2. The van der Waals surface area contributed by atoms with E-state index in [1.165, 1.54) is 21.7 Å². The molecule has 184 valence electrons. The van der Waals surface area contributed by atoms with Crippen LogP contribution < -0.4 is 4.80 Å². The first kappa shape index (κ1) is 26.1. The summed E-state index contributed by atoms with van der Waals surface area (Å²) in [5.41, 5.74) is 0.702. The number of thiazole rings is 1. The summed E-state index contributed by atoms with van der Waals surface area (Å²) in [6.07, 6.45) is 1.13. The first-order valence-electron chi connectivity index (χ1n) is 10.6. The van der Waals surface area contributed by atoms with Crippen LogP contribution in [-0.4, -0.2) is 49.5 Å². The van der Waals surface area contributed by atoms with Gasteiger partial charge >= 0.3 is 0 Å². The summed E-state index contributed by atoms with van der Waals surface area (Å²) in [6, 6.07) is 6.47. The molecule has 0 bridgehead atoms. The lowest BCUT2D eigenvalue weighted by atomic mass is 9.99. The highest BCUT2D eigenvalue weighted by Crippen LogP contribution is 2.33. The second kappa shape index (κ2) is 11.0. The van der Waals surface area contributed by atoms with Crippen LogP contribution >= 0.6 is 57.5 Å². The van der Waals surface area contributed by atoms with Gasteiger partial charge in [-0.2, -0.15) is 9.30 Å². The Balaban J connectivity index is 1.65. The van der Waals surface area contributed by atoms with E-state index in [9.17, 15) is 13.2 Å². The lowest BCUT2D eigenvalue weighted by molar-refractivity contribution is -0.122. The number of piperidine rings is 1. The summed E-state index contributed by atoms with van der Waals surface area (Å²) in [5, 5.41) is 1.03. The fourth-order valence-electron chi connectivity index (χ4n) is 3.82. The summed E-state index contributed by atoms with van der Waals surface area (Å²) in [5.74, 6) is -0.913. The van der Waals surface area contributed by atoms with Gasteiger partial charge in [0.05, 0.1) is 37.1 Å². The molecule has 1 amide bonds. The van der Waals surface area contributed by atoms with Crippen molar-refractivity contribution in [1.29, 1.82) is 0 Å². The van der Waals surface area contributed by atoms with Gasteiger partial charge in [-0.25, -0.2) is 8.42 Å². The number of thiophene rings is 1. The average molecular weight is 583 g/mol. The molecule has 1 aliphatic rings. The Morgan fingerprint density at radius 2 is 1.94 bits per heavy atom. The second-order valence-electron chi connectivity index (χ2n) is 7.65. The third-order valence-electron chi connectivity index (χ3n) is 5.47. The number of halogens is 3. The van der Waals surface area contributed by atoms with E-state index < -0.39 is 15.9 Å². The molecule has 0 radical (unpaired) electrons. The third kappa shape index (κ3) is 5.39. The predicted octanol–water partition coefficient (Wildman–Crippen LogP) is 5.29. The van der Waals surface area contributed by atoms with Crippen molar-refractivity contribution in [2.45, 2.75) is 30.5 Å². The van der Waals surface area contributed by atoms with Crippen LogP contribution in [0.2, 0.25) is 14.4 Å². The van der Waals surface area contributed by atoms with Crippen LogP contribution in [-0.2, 0) is 26.1 Å². The molecule has 3 heterocycles. The highest BCUT2D eigenvalue weighted by Gasteiger charge is 2.34. The van der Waals surface area contributed by atoms with Crippen molar-refractivity contribution >= 4 is 83.6 Å². The third-order valence-corrected chi connectivity index (χ3v) is 10.9. The van der Waals surface area contributed by atoms with E-state index in [0.717, 1.165) is 16.0 Å². The van der Waals surface area contributed by atoms with Crippen LogP contribution in [0, 0.1) is 5.92 Å². The molecule has 13 heteroatoms. The topological polar surface area (TPSA) is 81.0 Å². The van der Waals surface area contributed by atoms with E-state index in [1.54, 1.807) is 18.2 Å². The Hall–Kier alpha value is -0.980. The molecule has 0 spiro atoms. The van der Waals surface area contributed by atoms with E-state index in [4.69, 9.17) is 39.5 Å². The number of carbonyl (C=O) groups excluding carboxylic acids is 1. The normalized spacial score (nSPS) is 18.1. The molecule has 1 saturated heterocycles. The van der Waals surface area contributed by atoms with Gasteiger partial charge in [0.15, 0.2) is 4.80 Å². The van der Waals surface area contributed by atoms with Gasteiger partial charge in [0.25, 0.3) is 15.9 Å². The molecule has 34 heavy (non-hydrogen) atoms. The molecule has 0 N–H and O–H groups in total. The first-order chi connectivity index (χ1) is 16.2. The molecule has 1 aliphatic heterocycles. The number of nitrogens with zero attached hydrogens (tertiary/aromatic N) is 3. The summed E-state index contributed by atoms with van der Waals surface area (Å²) < 4.78 is 36.0. The number of benzene rings is 1. The molecule has 1 fully saturated rings. The number of fused-ring (bicyclic) bond motifs is 1. The number of carbonyl (C=O) groups is 1. The van der Waals surface area contributed by atoms with Crippen LogP contribution in [0.25, 0.3) is 10.2 Å². The standard InChI is InChI=1S/C21H22Cl3N3O4S3/c1-2-31-11-10-27-18-14(22)5-6-15(23)19(18)33-21(27)25-20(28)13-4-3-9-26(12-13)34(29,30)17-8-7-16(24)32-17/h5-8,13H,2-4,9-12H2,1H3. The van der Waals surface area contributed by atoms with Gasteiger partial charge in [0, 0.05) is 26.2 Å². The van der Waals surface area contributed by atoms with Gasteiger partial charge in [-0.1, -0.05) is 46.1 Å². The Labute approximate surface area is 220 Å². The fraction of sp³-hybridized carbons (Fsp3) is 0.429. The smallest absolute Gasteiger partial charge is 0.252 e. The number of aromatic nitrogens is 1. The van der Waals surface area contributed by atoms with Gasteiger partial charge in [0.1, 0.15) is 4.21 Å². The molecular weight excluding hydrogens is 561 g/mol. The lowest BCUT2D eigenvalue weighted by Crippen LogP contribution is -2.42. The van der Waals surface area contributed by atoms with E-state index in [2.05, 4.69) is 4.99 Å². The van der Waals surface area contributed by atoms with Crippen molar-refractivity contribution < 1.29 is 17.9 Å². The molecule has 1 atom stereocenters. The van der Waals surface area contributed by atoms with Crippen molar-refractivity contribution in [1.82, 2.24) is 8.87 Å². The van der Waals surface area contributed by atoms with Crippen molar-refractivity contribution in [2.24, 2.45) is 10.9 Å². The maximum Gasteiger partial charge on any atom is 0.252 e. The SMILES string of the molecule is CCOCCn1c(=NC(=O)C2CCCN(S(=O)(=O)c3ccc(Cl)s3)C2)sc2c(Cl)ccc(Cl)c21. The number of sulfonamides is 1. The van der Waals surface area contributed by atoms with Gasteiger partial charge in [-0.15, -0.1) is 11.3 Å². The molecule has 2 aromatic heterocycles. The molecule has 3 aromatic rings. The number of ether oxygens (including phenoxy) is 1. The zero-order valence-corrected chi connectivity index (χ0v) is 22.9. The highest BCUT2D eigenvalue weighted by atomic mass is 35.5. The molecule has 7 nitrogen and oxygen atoms in total. The van der Waals surface area contributed by atoms with Crippen LogP contribution in [0.3, 0.4) is 0 Å². The van der Waals surface area contributed by atoms with Crippen LogP contribution in [0.15, 0.2) is 33.5 Å². The number of rotatable bonds is 7. The van der Waals surface area contributed by atoms with Crippen molar-refractivity contribution in [3.05, 3.63) is 43.4 Å². The lowest BCUT2D eigenvalue weighted by Gasteiger charge is -2.29. The predicted molar refractivity (Wildman–Crippen MR) is 138 cm³/mol. The van der Waals surface area contributed by atoms with Crippen LogP contribution in [0.4, 0.5) is 0 Å². The zero-order valence-electron chi connectivity index (χ0n) is 18.2. The minimum absolute atomic E-state index is 0.0749. The largest absolute Gasteiger partial charge is 0.380 e. The Morgan fingerprint density at radius 3 is 2.65 bits per heavy atom. The van der Waals surface area contributed by atoms with Gasteiger partial charge < -0.3 is 9.30 Å². The number of hydrogen-bond donors (Lipinski definition) is 0. The van der Waals surface area contributed by atoms with Gasteiger partial charge in [-0.3, -0.25) is 4.79 Å². The van der Waals surface area contributed by atoms with Crippen LogP contribution in [0.5, 0.6) is 0 Å². The summed E-state index contributed by atoms with van der Waals surface area (Å²) in [4.78, 5) is 18.1. The Kier molecular flexibility index (Phi) is 8.41. The molecule has 1 unspecified atom stereocenters. The van der Waals surface area contributed by atoms with Crippen molar-refractivity contribution in [2.75, 3.05) is 26.3 Å². The number of amides is 1. The Bertz CT molecular complexity index is 1380. The Morgan fingerprint density at radius 1 is 1.18 bits per heavy atom. The van der Waals surface area contributed by atoms with Crippen molar-refractivity contribution in [3.63, 3.8) is 0 Å². The van der Waals surface area contributed by atoms with E-state index in [1.807, 2.05) is 11.5 Å². The molecule has 1 aromatic carbocycles. The van der Waals surface area contributed by atoms with Crippen molar-refractivity contribution in [3.8, 4) is 0 Å². The summed E-state index contributed by atoms with van der Waals surface area (Å²) in [7, 11) is -3.72. The minimum Gasteiger partial charge on any atom is -0.380 e. The average Bonchev–Trinajstić information content (AvgIpc) is 3.42. The monoisotopic (exact) mass is 581 g/mol. The molecule has 0 aliphatic carbocycles. The quantitative estimate of drug-likeness (QED) is 0.355. The molecular formula is C21H22Cl3N3O4S3. The fourth-order valence-corrected chi connectivity index (χ4v) is 8.65. The summed E-state index contributed by atoms with van der Waals surface area (Å²) in [6.45, 7) is 3.76. The highest BCUT2D eigenvalue weighted by molar-refractivity contribution is 7.91. The molecule has 4 rings (SSSR count). The minimum atomic E-state index is -3.72. The first-order valence-corrected chi connectivity index (χ1v) is 14.8. The summed E-state index contributed by atoms with van der Waals surface area (Å²) >= 11 is 21.1. The van der Waals surface area contributed by atoms with Crippen LogP contribution in [0.1, 0.15) is 19.8 Å². The second-order valence-corrected chi connectivity index (χ2v) is 13.3. The van der Waals surface area contributed by atoms with E-state index in [0.29, 0.717) is 63.8 Å². The van der Waals surface area contributed by atoms with Gasteiger partial charge in [0.2, 0.25) is 0 Å². The number of hydrogen-bond acceptors (Lipinski definition) is 6. The maximum atomic E-state index is 13.2. The zero-order chi connectivity index (χ0) is 24.5. The van der Waals surface area contributed by atoms with Gasteiger partial charge in [-0.05, 0) is 44.0 Å². The van der Waals surface area contributed by atoms with E-state index >= 15 is 0 Å². The molecule has 0 saturated carbocycles. The van der Waals surface area contributed by atoms with E-state index in [-0.39, 0.29) is 16.7 Å².